The first kappa shape index (κ1) is 10.4. The summed E-state index contributed by atoms with van der Waals surface area (Å²) < 4.78 is 18.5. The van der Waals surface area contributed by atoms with Crippen molar-refractivity contribution in [1.29, 1.82) is 0 Å². The lowest BCUT2D eigenvalue weighted by Crippen LogP contribution is -2.19. The summed E-state index contributed by atoms with van der Waals surface area (Å²) in [6.07, 6.45) is 1.58. The second-order valence-electron chi connectivity index (χ2n) is 2.44. The molecule has 1 N–H and O–H groups in total. The van der Waals surface area contributed by atoms with Crippen molar-refractivity contribution in [2.45, 2.75) is 6.92 Å². The number of rotatable bonds is 4. The van der Waals surface area contributed by atoms with Gasteiger partial charge in [-0.1, -0.05) is 5.21 Å². The molecule has 0 aromatic carbocycles. The normalized spacial score (nSPS) is 15.6. The molecule has 1 aromatic heterocycles. The standard InChI is InChI=1S/C6H13N4O2P/c1-4-12-13(11,7-2)6-5-10(3)9-8-6/h5H,4H2,1-3H3,(H,7,11). The first-order valence-electron chi connectivity index (χ1n) is 3.93. The highest BCUT2D eigenvalue weighted by atomic mass is 31.2. The lowest BCUT2D eigenvalue weighted by atomic mass is 10.9. The number of aromatic nitrogens is 3. The second-order valence-corrected chi connectivity index (χ2v) is 4.71. The fraction of sp³-hybridized carbons (Fsp3) is 0.667. The van der Waals surface area contributed by atoms with Crippen molar-refractivity contribution >= 4 is 13.0 Å². The Morgan fingerprint density at radius 1 is 1.77 bits per heavy atom. The Labute approximate surface area is 76.8 Å². The monoisotopic (exact) mass is 204 g/mol. The molecule has 1 unspecified atom stereocenters. The molecule has 0 aliphatic carbocycles. The van der Waals surface area contributed by atoms with Crippen molar-refractivity contribution < 1.29 is 9.09 Å². The van der Waals surface area contributed by atoms with Crippen LogP contribution in [0.25, 0.3) is 0 Å². The van der Waals surface area contributed by atoms with Crippen molar-refractivity contribution in [1.82, 2.24) is 20.1 Å². The van der Waals surface area contributed by atoms with Crippen molar-refractivity contribution in [3.05, 3.63) is 6.20 Å². The van der Waals surface area contributed by atoms with Crippen LogP contribution in [0.5, 0.6) is 0 Å². The smallest absolute Gasteiger partial charge is 0.313 e. The van der Waals surface area contributed by atoms with Gasteiger partial charge in [0.05, 0.1) is 12.8 Å². The van der Waals surface area contributed by atoms with E-state index in [0.717, 1.165) is 0 Å². The van der Waals surface area contributed by atoms with E-state index in [1.165, 1.54) is 4.68 Å². The Balaban J connectivity index is 2.95. The highest BCUT2D eigenvalue weighted by Crippen LogP contribution is 2.38. The molecule has 7 heteroatoms. The molecule has 0 spiro atoms. The number of hydrogen-bond donors (Lipinski definition) is 1. The first-order chi connectivity index (χ1) is 6.12. The molecule has 6 nitrogen and oxygen atoms in total. The van der Waals surface area contributed by atoms with Crippen LogP contribution in [0, 0.1) is 0 Å². The molecule has 74 valence electrons. The van der Waals surface area contributed by atoms with Gasteiger partial charge in [-0.3, -0.25) is 9.25 Å². The maximum atomic E-state index is 11.9. The molecule has 0 amide bonds. The van der Waals surface area contributed by atoms with Crippen LogP contribution in [0.3, 0.4) is 0 Å². The van der Waals surface area contributed by atoms with Crippen LogP contribution in [0.15, 0.2) is 6.20 Å². The lowest BCUT2D eigenvalue weighted by molar-refractivity contribution is 0.334. The Kier molecular flexibility index (Phi) is 3.19. The summed E-state index contributed by atoms with van der Waals surface area (Å²) in [4.78, 5) is 0. The molecular weight excluding hydrogens is 191 g/mol. The van der Waals surface area contributed by atoms with Crippen LogP contribution in [-0.4, -0.2) is 28.6 Å². The van der Waals surface area contributed by atoms with Gasteiger partial charge in [0.25, 0.3) is 0 Å². The molecule has 0 aliphatic heterocycles. The molecule has 1 aromatic rings. The fourth-order valence-electron chi connectivity index (χ4n) is 0.897. The minimum atomic E-state index is -2.98. The summed E-state index contributed by atoms with van der Waals surface area (Å²) in [5, 5.41) is 10.1. The van der Waals surface area contributed by atoms with E-state index >= 15 is 0 Å². The summed E-state index contributed by atoms with van der Waals surface area (Å²) >= 11 is 0. The molecule has 13 heavy (non-hydrogen) atoms. The van der Waals surface area contributed by atoms with Crippen LogP contribution >= 0.6 is 7.52 Å². The van der Waals surface area contributed by atoms with Gasteiger partial charge < -0.3 is 4.52 Å². The van der Waals surface area contributed by atoms with Crippen molar-refractivity contribution in [2.75, 3.05) is 13.7 Å². The van der Waals surface area contributed by atoms with E-state index in [1.54, 1.807) is 27.2 Å². The van der Waals surface area contributed by atoms with E-state index in [0.29, 0.717) is 12.0 Å². The third kappa shape index (κ3) is 2.15. The van der Waals surface area contributed by atoms with E-state index in [1.807, 2.05) is 0 Å². The molecule has 0 saturated carbocycles. The summed E-state index contributed by atoms with van der Waals surface area (Å²) in [6.45, 7) is 2.15. The van der Waals surface area contributed by atoms with Crippen molar-refractivity contribution in [2.24, 2.45) is 7.05 Å². The van der Waals surface area contributed by atoms with Crippen LogP contribution in [0.2, 0.25) is 0 Å². The average Bonchev–Trinajstić information content (AvgIpc) is 2.52. The van der Waals surface area contributed by atoms with Crippen LogP contribution < -0.4 is 10.5 Å². The maximum absolute atomic E-state index is 11.9. The zero-order chi connectivity index (χ0) is 9.90. The molecule has 1 atom stereocenters. The minimum Gasteiger partial charge on any atom is -0.313 e. The Bertz CT molecular complexity index is 324. The van der Waals surface area contributed by atoms with Gasteiger partial charge >= 0.3 is 7.52 Å². The summed E-state index contributed by atoms with van der Waals surface area (Å²) in [5.41, 5.74) is 0.347. The maximum Gasteiger partial charge on any atom is 0.321 e. The van der Waals surface area contributed by atoms with Gasteiger partial charge in [-0.2, -0.15) is 0 Å². The van der Waals surface area contributed by atoms with Gasteiger partial charge in [-0.15, -0.1) is 5.10 Å². The molecule has 0 radical (unpaired) electrons. The van der Waals surface area contributed by atoms with E-state index in [2.05, 4.69) is 15.4 Å². The summed E-state index contributed by atoms with van der Waals surface area (Å²) in [5.74, 6) is 0. The zero-order valence-corrected chi connectivity index (χ0v) is 8.78. The predicted molar refractivity (Wildman–Crippen MR) is 48.9 cm³/mol. The van der Waals surface area contributed by atoms with E-state index < -0.39 is 7.52 Å². The number of nitrogens with one attached hydrogen (secondary N) is 1. The van der Waals surface area contributed by atoms with Gasteiger partial charge in [0.15, 0.2) is 5.44 Å². The second kappa shape index (κ2) is 4.00. The Hall–Kier alpha value is -0.710. The number of hydrogen-bond acceptors (Lipinski definition) is 4. The molecular formula is C6H13N4O2P. The van der Waals surface area contributed by atoms with Crippen LogP contribution in [-0.2, 0) is 16.1 Å². The van der Waals surface area contributed by atoms with Gasteiger partial charge in [0.1, 0.15) is 0 Å². The topological polar surface area (TPSA) is 69.0 Å². The molecule has 0 aliphatic rings. The van der Waals surface area contributed by atoms with Gasteiger partial charge in [-0.05, 0) is 14.0 Å². The summed E-state index contributed by atoms with van der Waals surface area (Å²) in [6, 6.07) is 0. The van der Waals surface area contributed by atoms with E-state index in [9.17, 15) is 4.57 Å². The number of nitrogens with zero attached hydrogens (tertiary/aromatic N) is 3. The lowest BCUT2D eigenvalue weighted by Gasteiger charge is -2.12. The predicted octanol–water partition coefficient (Wildman–Crippen LogP) is -0.111. The molecule has 1 rings (SSSR count). The van der Waals surface area contributed by atoms with Gasteiger partial charge in [-0.25, -0.2) is 5.09 Å². The van der Waals surface area contributed by atoms with Crippen molar-refractivity contribution in [3.63, 3.8) is 0 Å². The molecule has 0 saturated heterocycles. The van der Waals surface area contributed by atoms with Gasteiger partial charge in [0, 0.05) is 7.05 Å². The highest BCUT2D eigenvalue weighted by molar-refractivity contribution is 7.64. The molecule has 0 bridgehead atoms. The first-order valence-corrected chi connectivity index (χ1v) is 5.55. The van der Waals surface area contributed by atoms with Crippen LogP contribution in [0.4, 0.5) is 0 Å². The Morgan fingerprint density at radius 3 is 2.85 bits per heavy atom. The zero-order valence-electron chi connectivity index (χ0n) is 7.89. The summed E-state index contributed by atoms with van der Waals surface area (Å²) in [7, 11) is 0.309. The molecule has 1 heterocycles. The minimum absolute atomic E-state index is 0.347. The van der Waals surface area contributed by atoms with E-state index in [-0.39, 0.29) is 0 Å². The average molecular weight is 204 g/mol. The van der Waals surface area contributed by atoms with Crippen molar-refractivity contribution in [3.8, 4) is 0 Å². The van der Waals surface area contributed by atoms with Crippen LogP contribution in [0.1, 0.15) is 6.92 Å². The highest BCUT2D eigenvalue weighted by Gasteiger charge is 2.26. The van der Waals surface area contributed by atoms with Gasteiger partial charge in [0.2, 0.25) is 0 Å². The third-order valence-electron chi connectivity index (χ3n) is 1.50. The third-order valence-corrected chi connectivity index (χ3v) is 3.52. The molecule has 0 fully saturated rings. The Morgan fingerprint density at radius 2 is 2.46 bits per heavy atom. The van der Waals surface area contributed by atoms with E-state index in [4.69, 9.17) is 4.52 Å². The quantitative estimate of drug-likeness (QED) is 0.693. The SMILES string of the molecule is CCOP(=O)(NC)c1cn(C)nn1. The fourth-order valence-corrected chi connectivity index (χ4v) is 2.23. The largest absolute Gasteiger partial charge is 0.321 e. The number of aryl methyl sites for hydroxylation is 1.